The summed E-state index contributed by atoms with van der Waals surface area (Å²) in [6, 6.07) is 3.57. The fraction of sp³-hybridized carbons (Fsp3) is 0.385. The number of H-pyrrole nitrogens is 1. The summed E-state index contributed by atoms with van der Waals surface area (Å²) in [6.07, 6.45) is -4.15. The molecule has 0 radical (unpaired) electrons. The number of rotatable bonds is 2. The summed E-state index contributed by atoms with van der Waals surface area (Å²) in [6.45, 7) is 3.90. The number of nitrogens with two attached hydrogens (primary N) is 1. The highest BCUT2D eigenvalue weighted by molar-refractivity contribution is 5.88. The lowest BCUT2D eigenvalue weighted by Gasteiger charge is -2.07. The van der Waals surface area contributed by atoms with Gasteiger partial charge in [0.15, 0.2) is 0 Å². The first-order valence-corrected chi connectivity index (χ1v) is 5.74. The molecule has 2 nitrogen and oxygen atoms in total. The largest absolute Gasteiger partial charge is 0.431 e. The Labute approximate surface area is 103 Å². The third kappa shape index (κ3) is 1.99. The van der Waals surface area contributed by atoms with Crippen LogP contribution in [0.15, 0.2) is 12.1 Å². The van der Waals surface area contributed by atoms with Crippen molar-refractivity contribution >= 4 is 10.9 Å². The molecule has 98 valence electrons. The van der Waals surface area contributed by atoms with Crippen LogP contribution in [0.2, 0.25) is 0 Å². The van der Waals surface area contributed by atoms with Crippen molar-refractivity contribution in [2.45, 2.75) is 26.4 Å². The van der Waals surface area contributed by atoms with Gasteiger partial charge < -0.3 is 10.7 Å². The highest BCUT2D eigenvalue weighted by Crippen LogP contribution is 2.37. The maximum absolute atomic E-state index is 13.0. The number of halogens is 3. The summed E-state index contributed by atoms with van der Waals surface area (Å²) in [5, 5.41) is 0.621. The lowest BCUT2D eigenvalue weighted by atomic mass is 10.0. The van der Waals surface area contributed by atoms with E-state index in [4.69, 9.17) is 5.73 Å². The number of aromatic nitrogens is 1. The van der Waals surface area contributed by atoms with Crippen molar-refractivity contribution < 1.29 is 13.2 Å². The zero-order valence-electron chi connectivity index (χ0n) is 10.3. The molecule has 0 bridgehead atoms. The van der Waals surface area contributed by atoms with Gasteiger partial charge in [-0.15, -0.1) is 0 Å². The third-order valence-electron chi connectivity index (χ3n) is 3.29. The van der Waals surface area contributed by atoms with Gasteiger partial charge in [-0.25, -0.2) is 0 Å². The molecule has 0 fully saturated rings. The molecule has 5 heteroatoms. The van der Waals surface area contributed by atoms with E-state index in [2.05, 4.69) is 4.98 Å². The van der Waals surface area contributed by atoms with E-state index in [1.54, 1.807) is 6.07 Å². The van der Waals surface area contributed by atoms with Gasteiger partial charge in [-0.3, -0.25) is 0 Å². The molecule has 0 spiro atoms. The van der Waals surface area contributed by atoms with Crippen LogP contribution in [0.25, 0.3) is 10.9 Å². The van der Waals surface area contributed by atoms with Crippen molar-refractivity contribution in [1.29, 1.82) is 0 Å². The lowest BCUT2D eigenvalue weighted by molar-refractivity contribution is -0.141. The first-order chi connectivity index (χ1) is 8.36. The van der Waals surface area contributed by atoms with Crippen LogP contribution in [0, 0.1) is 13.8 Å². The van der Waals surface area contributed by atoms with Gasteiger partial charge in [0.25, 0.3) is 0 Å². The number of alkyl halides is 3. The first kappa shape index (κ1) is 13.0. The first-order valence-electron chi connectivity index (χ1n) is 5.74. The van der Waals surface area contributed by atoms with E-state index < -0.39 is 11.9 Å². The van der Waals surface area contributed by atoms with Crippen molar-refractivity contribution in [3.05, 3.63) is 34.5 Å². The average Bonchev–Trinajstić information content (AvgIpc) is 2.64. The van der Waals surface area contributed by atoms with E-state index in [1.807, 2.05) is 19.9 Å². The van der Waals surface area contributed by atoms with E-state index in [9.17, 15) is 13.2 Å². The Kier molecular flexibility index (Phi) is 3.11. The van der Waals surface area contributed by atoms with Crippen LogP contribution in [0.5, 0.6) is 0 Å². The second kappa shape index (κ2) is 4.31. The van der Waals surface area contributed by atoms with Crippen LogP contribution < -0.4 is 5.73 Å². The van der Waals surface area contributed by atoms with Crippen molar-refractivity contribution in [3.8, 4) is 0 Å². The third-order valence-corrected chi connectivity index (χ3v) is 3.29. The Bertz CT molecular complexity index is 582. The van der Waals surface area contributed by atoms with Crippen molar-refractivity contribution in [2.75, 3.05) is 6.54 Å². The Hall–Kier alpha value is -1.49. The minimum atomic E-state index is -4.37. The zero-order chi connectivity index (χ0) is 13.5. The minimum Gasteiger partial charge on any atom is -0.351 e. The van der Waals surface area contributed by atoms with Crippen LogP contribution in [-0.2, 0) is 12.6 Å². The molecule has 0 amide bonds. The average molecular weight is 256 g/mol. The van der Waals surface area contributed by atoms with Gasteiger partial charge in [-0.1, -0.05) is 12.1 Å². The highest BCUT2D eigenvalue weighted by atomic mass is 19.4. The minimum absolute atomic E-state index is 0.197. The molecular weight excluding hydrogens is 241 g/mol. The Morgan fingerprint density at radius 2 is 1.89 bits per heavy atom. The van der Waals surface area contributed by atoms with E-state index in [0.717, 1.165) is 11.1 Å². The normalized spacial score (nSPS) is 12.3. The summed E-state index contributed by atoms with van der Waals surface area (Å²) in [5.41, 5.74) is 7.39. The van der Waals surface area contributed by atoms with Crippen LogP contribution in [-0.4, -0.2) is 11.5 Å². The van der Waals surface area contributed by atoms with Crippen molar-refractivity contribution in [1.82, 2.24) is 4.98 Å². The van der Waals surface area contributed by atoms with E-state index in [0.29, 0.717) is 10.9 Å². The summed E-state index contributed by atoms with van der Waals surface area (Å²) in [7, 11) is 0. The number of aryl methyl sites for hydroxylation is 2. The molecule has 2 rings (SSSR count). The number of hydrogen-bond donors (Lipinski definition) is 2. The van der Waals surface area contributed by atoms with Crippen LogP contribution in [0.1, 0.15) is 22.4 Å². The molecule has 0 saturated carbocycles. The maximum Gasteiger partial charge on any atom is 0.431 e. The SMILES string of the molecule is Cc1ccc2c(CCN)c(C(F)(F)F)[nH]c2c1C. The van der Waals surface area contributed by atoms with Gasteiger partial charge >= 0.3 is 6.18 Å². The topological polar surface area (TPSA) is 41.8 Å². The molecule has 1 aromatic carbocycles. The predicted octanol–water partition coefficient (Wildman–Crippen LogP) is 3.30. The van der Waals surface area contributed by atoms with Gasteiger partial charge in [0.1, 0.15) is 5.69 Å². The molecule has 2 aromatic rings. The molecule has 3 N–H and O–H groups in total. The molecule has 0 atom stereocenters. The summed E-state index contributed by atoms with van der Waals surface area (Å²) >= 11 is 0. The maximum atomic E-state index is 13.0. The van der Waals surface area contributed by atoms with Crippen molar-refractivity contribution in [2.24, 2.45) is 5.73 Å². The lowest BCUT2D eigenvalue weighted by Crippen LogP contribution is -2.11. The highest BCUT2D eigenvalue weighted by Gasteiger charge is 2.36. The standard InChI is InChI=1S/C13H15F3N2/c1-7-3-4-9-10(5-6-17)12(13(14,15)16)18-11(9)8(7)2/h3-4,18H,5-6,17H2,1-2H3. The smallest absolute Gasteiger partial charge is 0.351 e. The molecule has 0 aliphatic rings. The van der Waals surface area contributed by atoms with E-state index in [-0.39, 0.29) is 18.5 Å². The van der Waals surface area contributed by atoms with E-state index >= 15 is 0 Å². The van der Waals surface area contributed by atoms with Gasteiger partial charge in [-0.2, -0.15) is 13.2 Å². The number of nitrogens with one attached hydrogen (secondary N) is 1. The Morgan fingerprint density at radius 3 is 2.44 bits per heavy atom. The number of benzene rings is 1. The fourth-order valence-corrected chi connectivity index (χ4v) is 2.21. The van der Waals surface area contributed by atoms with Crippen LogP contribution in [0.4, 0.5) is 13.2 Å². The number of fused-ring (bicyclic) bond motifs is 1. The van der Waals surface area contributed by atoms with Gasteiger partial charge in [0.2, 0.25) is 0 Å². The van der Waals surface area contributed by atoms with Crippen LogP contribution >= 0.6 is 0 Å². The molecule has 0 aliphatic heterocycles. The predicted molar refractivity (Wildman–Crippen MR) is 65.5 cm³/mol. The Morgan fingerprint density at radius 1 is 1.22 bits per heavy atom. The summed E-state index contributed by atoms with van der Waals surface area (Å²) < 4.78 is 38.9. The van der Waals surface area contributed by atoms with Crippen molar-refractivity contribution in [3.63, 3.8) is 0 Å². The molecule has 0 unspecified atom stereocenters. The Balaban J connectivity index is 2.79. The van der Waals surface area contributed by atoms with Gasteiger partial charge in [0, 0.05) is 10.9 Å². The second-order valence-electron chi connectivity index (χ2n) is 4.45. The second-order valence-corrected chi connectivity index (χ2v) is 4.45. The molecule has 18 heavy (non-hydrogen) atoms. The number of hydrogen-bond acceptors (Lipinski definition) is 1. The van der Waals surface area contributed by atoms with Gasteiger partial charge in [-0.05, 0) is 43.5 Å². The summed E-state index contributed by atoms with van der Waals surface area (Å²) in [5.74, 6) is 0. The summed E-state index contributed by atoms with van der Waals surface area (Å²) in [4.78, 5) is 2.52. The number of aromatic amines is 1. The monoisotopic (exact) mass is 256 g/mol. The zero-order valence-corrected chi connectivity index (χ0v) is 10.3. The molecule has 1 aromatic heterocycles. The van der Waals surface area contributed by atoms with Crippen LogP contribution in [0.3, 0.4) is 0 Å². The van der Waals surface area contributed by atoms with Gasteiger partial charge in [0.05, 0.1) is 0 Å². The molecule has 0 aliphatic carbocycles. The van der Waals surface area contributed by atoms with E-state index in [1.165, 1.54) is 0 Å². The fourth-order valence-electron chi connectivity index (χ4n) is 2.21. The molecular formula is C13H15F3N2. The quantitative estimate of drug-likeness (QED) is 0.850. The molecule has 0 saturated heterocycles. The molecule has 1 heterocycles.